The minimum absolute atomic E-state index is 0.734. The van der Waals surface area contributed by atoms with E-state index in [0.717, 1.165) is 25.7 Å². The van der Waals surface area contributed by atoms with Crippen LogP contribution in [0.4, 0.5) is 0 Å². The van der Waals surface area contributed by atoms with Crippen molar-refractivity contribution in [3.05, 3.63) is 0 Å². The molecule has 0 aromatic carbocycles. The third kappa shape index (κ3) is 4.95. The van der Waals surface area contributed by atoms with E-state index in [-0.39, 0.29) is 0 Å². The number of hydrogen-bond acceptors (Lipinski definition) is 2. The maximum absolute atomic E-state index is 5.54. The molecule has 4 heteroatoms. The molecule has 0 saturated heterocycles. The van der Waals surface area contributed by atoms with Gasteiger partial charge in [-0.1, -0.05) is 28.6 Å². The van der Waals surface area contributed by atoms with Gasteiger partial charge >= 0.3 is 7.18 Å². The first-order valence-electron chi connectivity index (χ1n) is 4.15. The van der Waals surface area contributed by atoms with Crippen molar-refractivity contribution in [2.24, 2.45) is 0 Å². The molecule has 0 amide bonds. The lowest BCUT2D eigenvalue weighted by Crippen LogP contribution is -2.35. The normalized spacial score (nSPS) is 12.0. The van der Waals surface area contributed by atoms with Crippen LogP contribution in [0.2, 0.25) is 6.04 Å². The molecule has 0 aromatic heterocycles. The van der Waals surface area contributed by atoms with Crippen LogP contribution in [0.25, 0.3) is 0 Å². The van der Waals surface area contributed by atoms with Crippen molar-refractivity contribution in [1.29, 1.82) is 0 Å². The van der Waals surface area contributed by atoms with Gasteiger partial charge in [-0.05, 0) is 13.8 Å². The van der Waals surface area contributed by atoms with Crippen LogP contribution in [0.5, 0.6) is 0 Å². The molecule has 0 unspecified atom stereocenters. The topological polar surface area (TPSA) is 18.5 Å². The van der Waals surface area contributed by atoms with Gasteiger partial charge in [0.05, 0.1) is 0 Å². The largest absolute Gasteiger partial charge is 0.414 e. The molecule has 0 fully saturated rings. The molecule has 0 radical (unpaired) electrons. The molecule has 0 aromatic rings. The van der Waals surface area contributed by atoms with E-state index in [1.165, 1.54) is 0 Å². The lowest BCUT2D eigenvalue weighted by molar-refractivity contribution is 0.206. The molecule has 0 bridgehead atoms. The lowest BCUT2D eigenvalue weighted by atomic mass is 10.6. The van der Waals surface area contributed by atoms with E-state index in [4.69, 9.17) is 8.85 Å². The SMILES string of the molecule is CCC[Si](Br)(OCC)OCC. The van der Waals surface area contributed by atoms with Gasteiger partial charge in [0.15, 0.2) is 0 Å². The Labute approximate surface area is 78.1 Å². The van der Waals surface area contributed by atoms with Crippen LogP contribution in [0.1, 0.15) is 27.2 Å². The highest BCUT2D eigenvalue weighted by atomic mass is 79.9. The van der Waals surface area contributed by atoms with Gasteiger partial charge in [0.2, 0.25) is 0 Å². The zero-order valence-corrected chi connectivity index (χ0v) is 10.1. The fourth-order valence-corrected chi connectivity index (χ4v) is 5.31. The van der Waals surface area contributed by atoms with Crippen molar-refractivity contribution in [3.8, 4) is 0 Å². The summed E-state index contributed by atoms with van der Waals surface area (Å²) in [5.41, 5.74) is 0. The van der Waals surface area contributed by atoms with Crippen LogP contribution in [0.3, 0.4) is 0 Å². The summed E-state index contributed by atoms with van der Waals surface area (Å²) in [5.74, 6) is 0. The quantitative estimate of drug-likeness (QED) is 0.526. The summed E-state index contributed by atoms with van der Waals surface area (Å²) in [6, 6.07) is 1.02. The number of hydrogen-bond donors (Lipinski definition) is 0. The molecule has 0 spiro atoms. The van der Waals surface area contributed by atoms with Crippen molar-refractivity contribution in [2.45, 2.75) is 33.2 Å². The molecule has 11 heavy (non-hydrogen) atoms. The second-order valence-electron chi connectivity index (χ2n) is 2.28. The monoisotopic (exact) mass is 240 g/mol. The highest BCUT2D eigenvalue weighted by Crippen LogP contribution is 2.22. The van der Waals surface area contributed by atoms with Crippen molar-refractivity contribution in [2.75, 3.05) is 13.2 Å². The Morgan fingerprint density at radius 3 is 1.82 bits per heavy atom. The summed E-state index contributed by atoms with van der Waals surface area (Å²) in [5, 5.41) is 0. The Morgan fingerprint density at radius 2 is 1.55 bits per heavy atom. The molecule has 0 aliphatic rings. The zero-order chi connectivity index (χ0) is 8.74. The fourth-order valence-electron chi connectivity index (χ4n) is 0.916. The maximum Gasteiger partial charge on any atom is 0.414 e. The van der Waals surface area contributed by atoms with Gasteiger partial charge in [0, 0.05) is 19.3 Å². The first-order valence-corrected chi connectivity index (χ1v) is 8.43. The summed E-state index contributed by atoms with van der Waals surface area (Å²) in [6.07, 6.45) is 1.11. The third-order valence-corrected chi connectivity index (χ3v) is 6.37. The smallest absolute Gasteiger partial charge is 0.387 e. The highest BCUT2D eigenvalue weighted by Gasteiger charge is 2.32. The Bertz CT molecular complexity index is 83.4. The fraction of sp³-hybridized carbons (Fsp3) is 1.00. The molecular formula is C7H17BrO2Si. The summed E-state index contributed by atoms with van der Waals surface area (Å²) in [7, 11) is -1.94. The average Bonchev–Trinajstić information content (AvgIpc) is 1.88. The number of halogens is 1. The van der Waals surface area contributed by atoms with E-state index in [0.29, 0.717) is 0 Å². The molecule has 0 rings (SSSR count). The van der Waals surface area contributed by atoms with Crippen molar-refractivity contribution in [3.63, 3.8) is 0 Å². The van der Waals surface area contributed by atoms with Crippen LogP contribution in [-0.4, -0.2) is 20.4 Å². The van der Waals surface area contributed by atoms with Crippen LogP contribution < -0.4 is 0 Å². The second-order valence-corrected chi connectivity index (χ2v) is 8.30. The Balaban J connectivity index is 3.79. The van der Waals surface area contributed by atoms with Crippen molar-refractivity contribution >= 4 is 22.5 Å². The van der Waals surface area contributed by atoms with Gasteiger partial charge in [-0.15, -0.1) is 0 Å². The maximum atomic E-state index is 5.54. The van der Waals surface area contributed by atoms with E-state index in [9.17, 15) is 0 Å². The van der Waals surface area contributed by atoms with Gasteiger partial charge in [-0.2, -0.15) is 0 Å². The Morgan fingerprint density at radius 1 is 1.09 bits per heavy atom. The molecule has 68 valence electrons. The van der Waals surface area contributed by atoms with Gasteiger partial charge < -0.3 is 8.85 Å². The summed E-state index contributed by atoms with van der Waals surface area (Å²) in [4.78, 5) is 0. The van der Waals surface area contributed by atoms with Gasteiger partial charge in [-0.25, -0.2) is 0 Å². The molecule has 0 N–H and O–H groups in total. The molecule has 0 atom stereocenters. The molecule has 0 heterocycles. The molecule has 0 aliphatic carbocycles. The lowest BCUT2D eigenvalue weighted by Gasteiger charge is -2.22. The van der Waals surface area contributed by atoms with E-state index in [1.807, 2.05) is 13.8 Å². The average molecular weight is 241 g/mol. The Hall–Kier alpha value is 0.617. The van der Waals surface area contributed by atoms with E-state index in [2.05, 4.69) is 22.2 Å². The summed E-state index contributed by atoms with van der Waals surface area (Å²) in [6.45, 7) is 7.60. The van der Waals surface area contributed by atoms with Crippen molar-refractivity contribution in [1.82, 2.24) is 0 Å². The summed E-state index contributed by atoms with van der Waals surface area (Å²) >= 11 is 3.56. The molecular weight excluding hydrogens is 224 g/mol. The van der Waals surface area contributed by atoms with E-state index in [1.54, 1.807) is 0 Å². The van der Waals surface area contributed by atoms with Crippen LogP contribution >= 0.6 is 15.3 Å². The van der Waals surface area contributed by atoms with E-state index < -0.39 is 7.18 Å². The molecule has 0 aliphatic heterocycles. The second kappa shape index (κ2) is 6.17. The molecule has 2 nitrogen and oxygen atoms in total. The first kappa shape index (κ1) is 11.6. The Kier molecular flexibility index (Phi) is 6.51. The first-order chi connectivity index (χ1) is 5.18. The minimum Gasteiger partial charge on any atom is -0.387 e. The predicted octanol–water partition coefficient (Wildman–Crippen LogP) is 2.80. The third-order valence-electron chi connectivity index (χ3n) is 1.27. The van der Waals surface area contributed by atoms with Crippen LogP contribution in [0.15, 0.2) is 0 Å². The minimum atomic E-state index is -1.94. The van der Waals surface area contributed by atoms with Gasteiger partial charge in [0.25, 0.3) is 0 Å². The zero-order valence-electron chi connectivity index (χ0n) is 7.52. The number of rotatable bonds is 6. The van der Waals surface area contributed by atoms with Crippen LogP contribution in [0, 0.1) is 0 Å². The molecule has 0 saturated carbocycles. The van der Waals surface area contributed by atoms with Crippen LogP contribution in [-0.2, 0) is 8.85 Å². The van der Waals surface area contributed by atoms with E-state index >= 15 is 0 Å². The highest BCUT2D eigenvalue weighted by molar-refractivity contribution is 9.25. The van der Waals surface area contributed by atoms with Crippen molar-refractivity contribution < 1.29 is 8.85 Å². The van der Waals surface area contributed by atoms with Gasteiger partial charge in [0.1, 0.15) is 0 Å². The predicted molar refractivity (Wildman–Crippen MR) is 53.0 cm³/mol. The standard InChI is InChI=1S/C7H17BrO2Si/c1-4-7-11(8,9-5-2)10-6-3/h4-7H2,1-3H3. The van der Waals surface area contributed by atoms with Gasteiger partial charge in [-0.3, -0.25) is 0 Å². The summed E-state index contributed by atoms with van der Waals surface area (Å²) < 4.78 is 11.1.